The number of ether oxygens (including phenoxy) is 1. The number of rotatable bonds is 6. The van der Waals surface area contributed by atoms with Crippen LogP contribution < -0.4 is 4.74 Å². The maximum atomic E-state index is 12.6. The number of benzene rings is 1. The van der Waals surface area contributed by atoms with Crippen LogP contribution in [0, 0.1) is 17.8 Å². The van der Waals surface area contributed by atoms with E-state index >= 15 is 0 Å². The highest BCUT2D eigenvalue weighted by Gasteiger charge is 2.36. The van der Waals surface area contributed by atoms with Crippen molar-refractivity contribution in [2.24, 2.45) is 17.8 Å². The van der Waals surface area contributed by atoms with Gasteiger partial charge >= 0.3 is 12.1 Å². The van der Waals surface area contributed by atoms with E-state index in [9.17, 15) is 18.0 Å². The number of hydrogen-bond acceptors (Lipinski definition) is 3. The number of nitrogens with zero attached hydrogens (tertiary/aromatic N) is 1. The summed E-state index contributed by atoms with van der Waals surface area (Å²) >= 11 is 0. The fraction of sp³-hybridized carbons (Fsp3) is 0.550. The van der Waals surface area contributed by atoms with Gasteiger partial charge in [0.2, 0.25) is 0 Å². The molecule has 1 aliphatic heterocycles. The predicted molar refractivity (Wildman–Crippen MR) is 95.6 cm³/mol. The van der Waals surface area contributed by atoms with Crippen molar-refractivity contribution in [3.05, 3.63) is 34.9 Å². The zero-order valence-electron chi connectivity index (χ0n) is 15.4. The maximum Gasteiger partial charge on any atom is 0.394 e. The molecule has 1 N–H and O–H groups in total. The molecular formula is C20H24F3NO3. The maximum absolute atomic E-state index is 12.6. The van der Waals surface area contributed by atoms with Gasteiger partial charge < -0.3 is 9.84 Å². The third kappa shape index (κ3) is 4.64. The lowest BCUT2D eigenvalue weighted by Crippen LogP contribution is -2.51. The zero-order valence-corrected chi connectivity index (χ0v) is 15.4. The van der Waals surface area contributed by atoms with Crippen LogP contribution in [0.25, 0.3) is 6.08 Å². The highest BCUT2D eigenvalue weighted by molar-refractivity contribution is 5.71. The van der Waals surface area contributed by atoms with Gasteiger partial charge in [0, 0.05) is 19.6 Å². The predicted octanol–water partition coefficient (Wildman–Crippen LogP) is 3.86. The molecule has 4 nitrogen and oxygen atoms in total. The van der Waals surface area contributed by atoms with Crippen molar-refractivity contribution < 1.29 is 27.8 Å². The molecule has 27 heavy (non-hydrogen) atoms. The number of carboxylic acid groups (broad SMARTS) is 1. The second kappa shape index (κ2) is 7.54. The largest absolute Gasteiger partial charge is 0.493 e. The summed E-state index contributed by atoms with van der Waals surface area (Å²) in [7, 11) is 0. The molecule has 1 fully saturated rings. The van der Waals surface area contributed by atoms with Gasteiger partial charge in [0.15, 0.2) is 0 Å². The van der Waals surface area contributed by atoms with Crippen LogP contribution in [0.3, 0.4) is 0 Å². The molecule has 0 aromatic heterocycles. The quantitative estimate of drug-likeness (QED) is 0.811. The Bertz CT molecular complexity index is 738. The molecule has 1 aliphatic carbocycles. The van der Waals surface area contributed by atoms with Gasteiger partial charge in [-0.25, -0.2) is 0 Å². The van der Waals surface area contributed by atoms with Crippen LogP contribution in [0.15, 0.2) is 23.8 Å². The summed E-state index contributed by atoms with van der Waals surface area (Å²) in [6.07, 6.45) is -1.35. The molecule has 0 radical (unpaired) electrons. The molecule has 0 saturated carbocycles. The van der Waals surface area contributed by atoms with Crippen LogP contribution in [0.4, 0.5) is 13.2 Å². The van der Waals surface area contributed by atoms with Gasteiger partial charge in [-0.05, 0) is 35.6 Å². The molecule has 0 amide bonds. The van der Waals surface area contributed by atoms with Gasteiger partial charge in [-0.2, -0.15) is 13.2 Å². The second-order valence-electron chi connectivity index (χ2n) is 7.67. The number of halogens is 3. The van der Waals surface area contributed by atoms with Crippen LogP contribution in [-0.2, 0) is 11.2 Å². The Morgan fingerprint density at radius 1 is 1.37 bits per heavy atom. The minimum atomic E-state index is -4.25. The van der Waals surface area contributed by atoms with Crippen LogP contribution in [0.5, 0.6) is 5.75 Å². The van der Waals surface area contributed by atoms with Crippen LogP contribution in [0.2, 0.25) is 0 Å². The van der Waals surface area contributed by atoms with Crippen molar-refractivity contribution >= 4 is 12.0 Å². The van der Waals surface area contributed by atoms with E-state index in [-0.39, 0.29) is 5.92 Å². The monoisotopic (exact) mass is 383 g/mol. The highest BCUT2D eigenvalue weighted by atomic mass is 19.4. The normalized spacial score (nSPS) is 21.8. The summed E-state index contributed by atoms with van der Waals surface area (Å²) in [6, 6.07) is 5.41. The van der Waals surface area contributed by atoms with E-state index in [1.165, 1.54) is 5.57 Å². The van der Waals surface area contributed by atoms with Crippen molar-refractivity contribution in [2.75, 3.05) is 26.2 Å². The van der Waals surface area contributed by atoms with Crippen LogP contribution >= 0.6 is 0 Å². The fourth-order valence-corrected chi connectivity index (χ4v) is 3.42. The molecule has 2 atom stereocenters. The SMILES string of the molecule is C[C@H]1Cc2cc(OC[C@H](C)C(F)(F)F)ccc2C=C1CN1CC(C(=O)O)C1. The Labute approximate surface area is 156 Å². The average Bonchev–Trinajstić information content (AvgIpc) is 2.54. The highest BCUT2D eigenvalue weighted by Crippen LogP contribution is 2.33. The summed E-state index contributed by atoms with van der Waals surface area (Å²) in [4.78, 5) is 13.0. The van der Waals surface area contributed by atoms with Crippen molar-refractivity contribution in [3.8, 4) is 5.75 Å². The van der Waals surface area contributed by atoms with Crippen LogP contribution in [-0.4, -0.2) is 48.4 Å². The number of carbonyl (C=O) groups is 1. The van der Waals surface area contributed by atoms with Crippen molar-refractivity contribution in [1.29, 1.82) is 0 Å². The Kier molecular flexibility index (Phi) is 5.51. The number of fused-ring (bicyclic) bond motifs is 1. The first-order valence-electron chi connectivity index (χ1n) is 9.11. The summed E-state index contributed by atoms with van der Waals surface area (Å²) in [5, 5.41) is 8.97. The fourth-order valence-electron chi connectivity index (χ4n) is 3.42. The molecule has 148 valence electrons. The van der Waals surface area contributed by atoms with Crippen molar-refractivity contribution in [1.82, 2.24) is 4.90 Å². The molecule has 0 bridgehead atoms. The third-order valence-corrected chi connectivity index (χ3v) is 5.39. The van der Waals surface area contributed by atoms with Gasteiger partial charge in [-0.1, -0.05) is 31.6 Å². The topological polar surface area (TPSA) is 49.8 Å². The minimum absolute atomic E-state index is 0.268. The lowest BCUT2D eigenvalue weighted by molar-refractivity contribution is -0.176. The van der Waals surface area contributed by atoms with Gasteiger partial charge in [-0.15, -0.1) is 0 Å². The molecule has 1 saturated heterocycles. The molecule has 3 rings (SSSR count). The molecule has 1 aromatic carbocycles. The first-order chi connectivity index (χ1) is 12.6. The third-order valence-electron chi connectivity index (χ3n) is 5.39. The van der Waals surface area contributed by atoms with Gasteiger partial charge in [0.1, 0.15) is 5.75 Å². The van der Waals surface area contributed by atoms with E-state index in [2.05, 4.69) is 17.9 Å². The smallest absolute Gasteiger partial charge is 0.394 e. The van der Waals surface area contributed by atoms with Crippen LogP contribution in [0.1, 0.15) is 25.0 Å². The zero-order chi connectivity index (χ0) is 19.8. The summed E-state index contributed by atoms with van der Waals surface area (Å²) < 4.78 is 43.1. The molecule has 1 aromatic rings. The van der Waals surface area contributed by atoms with Crippen molar-refractivity contribution in [3.63, 3.8) is 0 Å². The number of aliphatic carboxylic acids is 1. The Balaban J connectivity index is 1.62. The van der Waals surface area contributed by atoms with Gasteiger partial charge in [0.25, 0.3) is 0 Å². The second-order valence-corrected chi connectivity index (χ2v) is 7.67. The minimum Gasteiger partial charge on any atom is -0.493 e. The Morgan fingerprint density at radius 2 is 2.07 bits per heavy atom. The van der Waals surface area contributed by atoms with E-state index in [1.54, 1.807) is 6.07 Å². The number of carboxylic acids is 1. The van der Waals surface area contributed by atoms with Crippen molar-refractivity contribution in [2.45, 2.75) is 26.4 Å². The molecular weight excluding hydrogens is 359 g/mol. The molecule has 7 heteroatoms. The van der Waals surface area contributed by atoms with Gasteiger partial charge in [-0.3, -0.25) is 9.69 Å². The lowest BCUT2D eigenvalue weighted by Gasteiger charge is -2.38. The molecule has 1 heterocycles. The Hall–Kier alpha value is -2.02. The first-order valence-corrected chi connectivity index (χ1v) is 9.11. The average molecular weight is 383 g/mol. The lowest BCUT2D eigenvalue weighted by atomic mass is 9.83. The van der Waals surface area contributed by atoms with E-state index in [0.29, 0.717) is 24.8 Å². The summed E-state index contributed by atoms with van der Waals surface area (Å²) in [5.41, 5.74) is 3.37. The van der Waals surface area contributed by atoms with E-state index < -0.39 is 24.7 Å². The molecule has 0 unspecified atom stereocenters. The van der Waals surface area contributed by atoms with E-state index in [1.807, 2.05) is 12.1 Å². The standard InChI is InChI=1S/C20H24F3NO3/c1-12-5-15-7-18(27-11-13(2)20(21,22)23)4-3-14(15)6-16(12)8-24-9-17(10-24)19(25)26/h3-4,6-7,12-13,17H,5,8-11H2,1-2H3,(H,25,26)/t12-,13-/m0/s1. The number of hydrogen-bond donors (Lipinski definition) is 1. The van der Waals surface area contributed by atoms with Gasteiger partial charge in [0.05, 0.1) is 18.4 Å². The molecule has 0 spiro atoms. The number of alkyl halides is 3. The van der Waals surface area contributed by atoms with E-state index in [4.69, 9.17) is 9.84 Å². The Morgan fingerprint density at radius 3 is 2.70 bits per heavy atom. The number of likely N-dealkylation sites (tertiary alicyclic amines) is 1. The van der Waals surface area contributed by atoms with E-state index in [0.717, 1.165) is 31.0 Å². The summed E-state index contributed by atoms with van der Waals surface area (Å²) in [6.45, 7) is 4.75. The first kappa shape index (κ1) is 19.7. The summed E-state index contributed by atoms with van der Waals surface area (Å²) in [5.74, 6) is -1.76. The molecule has 2 aliphatic rings.